The number of carboxylic acid groups (broad SMARTS) is 1. The van der Waals surface area contributed by atoms with Gasteiger partial charge in [0.15, 0.2) is 0 Å². The first-order chi connectivity index (χ1) is 11.7. The van der Waals surface area contributed by atoms with Gasteiger partial charge in [-0.15, -0.1) is 28.3 Å². The van der Waals surface area contributed by atoms with Crippen LogP contribution in [0.1, 0.15) is 10.4 Å². The molecule has 0 bridgehead atoms. The maximum absolute atomic E-state index is 11.1. The van der Waals surface area contributed by atoms with E-state index in [0.29, 0.717) is 36.2 Å². The van der Waals surface area contributed by atoms with Crippen LogP contribution >= 0.6 is 23.2 Å². The van der Waals surface area contributed by atoms with E-state index in [4.69, 9.17) is 28.3 Å². The Labute approximate surface area is 178 Å². The first kappa shape index (κ1) is 21.9. The molecular formula is C17H17Cl2N3NaO2+. The molecule has 1 N–H and O–H groups in total. The summed E-state index contributed by atoms with van der Waals surface area (Å²) in [6.45, 7) is 1.42. The number of nitrogens with zero attached hydrogens (tertiary/aromatic N) is 3. The van der Waals surface area contributed by atoms with E-state index < -0.39 is 5.97 Å². The molecule has 8 heteroatoms. The second-order valence-corrected chi connectivity index (χ2v) is 5.66. The summed E-state index contributed by atoms with van der Waals surface area (Å²) in [4.78, 5) is 13.2. The Hall–Kier alpha value is -1.11. The Morgan fingerprint density at radius 3 is 2.12 bits per heavy atom. The molecule has 5 nitrogen and oxygen atoms in total. The zero-order valence-corrected chi connectivity index (χ0v) is 17.4. The molecule has 126 valence electrons. The number of hydrogen-bond donors (Lipinski definition) is 1. The minimum Gasteiger partial charge on any atom is -0.478 e. The first-order valence-electron chi connectivity index (χ1n) is 7.36. The predicted molar refractivity (Wildman–Crippen MR) is 97.7 cm³/mol. The molecule has 2 aromatic rings. The number of alkyl halides is 2. The minimum absolute atomic E-state index is 0. The van der Waals surface area contributed by atoms with Crippen LogP contribution in [0.3, 0.4) is 0 Å². The number of rotatable bonds is 8. The van der Waals surface area contributed by atoms with Crippen LogP contribution in [0.15, 0.2) is 58.8 Å². The van der Waals surface area contributed by atoms with Gasteiger partial charge in [-0.05, 0) is 36.4 Å². The predicted octanol–water partition coefficient (Wildman–Crippen LogP) is 2.09. The van der Waals surface area contributed by atoms with Crippen molar-refractivity contribution in [3.8, 4) is 0 Å². The summed E-state index contributed by atoms with van der Waals surface area (Å²) < 4.78 is 0. The largest absolute Gasteiger partial charge is 1.00 e. The maximum Gasteiger partial charge on any atom is 1.00 e. The zero-order valence-electron chi connectivity index (χ0n) is 13.9. The number of carboxylic acids is 1. The van der Waals surface area contributed by atoms with E-state index in [1.165, 1.54) is 6.07 Å². The fourth-order valence-corrected chi connectivity index (χ4v) is 2.57. The van der Waals surface area contributed by atoms with E-state index in [-0.39, 0.29) is 35.1 Å². The van der Waals surface area contributed by atoms with Gasteiger partial charge in [0.05, 0.1) is 11.3 Å². The molecule has 2 aromatic carbocycles. The summed E-state index contributed by atoms with van der Waals surface area (Å²) in [7, 11) is 0. The van der Waals surface area contributed by atoms with Gasteiger partial charge in [0.1, 0.15) is 5.69 Å². The third-order valence-corrected chi connectivity index (χ3v) is 3.67. The molecule has 0 radical (unpaired) electrons. The summed E-state index contributed by atoms with van der Waals surface area (Å²) in [6, 6.07) is 13.9. The second kappa shape index (κ2) is 11.5. The van der Waals surface area contributed by atoms with Crippen molar-refractivity contribution in [2.24, 2.45) is 10.2 Å². The van der Waals surface area contributed by atoms with E-state index >= 15 is 0 Å². The Balaban J connectivity index is 0.00000312. The van der Waals surface area contributed by atoms with Crippen molar-refractivity contribution >= 4 is 46.2 Å². The maximum atomic E-state index is 11.1. The Kier molecular flexibility index (Phi) is 10.1. The average Bonchev–Trinajstić information content (AvgIpc) is 2.60. The number of anilines is 1. The third kappa shape index (κ3) is 6.60. The van der Waals surface area contributed by atoms with Crippen molar-refractivity contribution in [1.82, 2.24) is 0 Å². The standard InChI is InChI=1S/C17H17Cl2N3O2.Na/c18-9-11-22(12-10-19)14-7-5-13(6-8-14)20-21-16-4-2-1-3-15(16)17(23)24;/h1-8H,9-12H2,(H,23,24);/q;+1. The van der Waals surface area contributed by atoms with Gasteiger partial charge >= 0.3 is 35.5 Å². The van der Waals surface area contributed by atoms with Crippen LogP contribution in [0.2, 0.25) is 0 Å². The van der Waals surface area contributed by atoms with E-state index in [1.807, 2.05) is 24.3 Å². The Bertz CT molecular complexity index is 705. The molecule has 0 aliphatic heterocycles. The summed E-state index contributed by atoms with van der Waals surface area (Å²) >= 11 is 11.6. The van der Waals surface area contributed by atoms with Crippen molar-refractivity contribution in [2.75, 3.05) is 29.7 Å². The average molecular weight is 389 g/mol. The van der Waals surface area contributed by atoms with Gasteiger partial charge in [-0.1, -0.05) is 12.1 Å². The molecular weight excluding hydrogens is 372 g/mol. The number of halogens is 2. The number of benzene rings is 2. The number of hydrogen-bond acceptors (Lipinski definition) is 4. The van der Waals surface area contributed by atoms with Crippen molar-refractivity contribution in [3.05, 3.63) is 54.1 Å². The van der Waals surface area contributed by atoms with Crippen molar-refractivity contribution in [1.29, 1.82) is 0 Å². The van der Waals surface area contributed by atoms with Crippen LogP contribution in [0.5, 0.6) is 0 Å². The third-order valence-electron chi connectivity index (χ3n) is 3.33. The van der Waals surface area contributed by atoms with Crippen LogP contribution in [-0.4, -0.2) is 35.9 Å². The molecule has 2 rings (SSSR count). The van der Waals surface area contributed by atoms with Crippen molar-refractivity contribution in [3.63, 3.8) is 0 Å². The van der Waals surface area contributed by atoms with Crippen LogP contribution in [0.25, 0.3) is 0 Å². The van der Waals surface area contributed by atoms with E-state index in [1.54, 1.807) is 18.2 Å². The van der Waals surface area contributed by atoms with Crippen LogP contribution in [-0.2, 0) is 0 Å². The fraction of sp³-hybridized carbons (Fsp3) is 0.235. The quantitative estimate of drug-likeness (QED) is 0.427. The number of aromatic carboxylic acids is 1. The van der Waals surface area contributed by atoms with E-state index in [0.717, 1.165) is 5.69 Å². The summed E-state index contributed by atoms with van der Waals surface area (Å²) in [6.07, 6.45) is 0. The van der Waals surface area contributed by atoms with Gasteiger partial charge in [0.25, 0.3) is 0 Å². The molecule has 0 unspecified atom stereocenters. The molecule has 0 saturated heterocycles. The molecule has 0 aliphatic rings. The Morgan fingerprint density at radius 1 is 0.960 bits per heavy atom. The summed E-state index contributed by atoms with van der Waals surface area (Å²) in [5.74, 6) is 0.00643. The number of carbonyl (C=O) groups is 1. The topological polar surface area (TPSA) is 65.3 Å². The van der Waals surface area contributed by atoms with Gasteiger partial charge in [-0.2, -0.15) is 5.11 Å². The van der Waals surface area contributed by atoms with Crippen molar-refractivity contribution < 1.29 is 39.5 Å². The summed E-state index contributed by atoms with van der Waals surface area (Å²) in [5, 5.41) is 17.3. The molecule has 25 heavy (non-hydrogen) atoms. The normalized spacial score (nSPS) is 10.5. The SMILES string of the molecule is O=C(O)c1ccccc1N=Nc1ccc(N(CCCl)CCCl)cc1.[Na+]. The molecule has 0 saturated carbocycles. The van der Waals surface area contributed by atoms with Gasteiger partial charge in [-0.3, -0.25) is 0 Å². The molecule has 0 aromatic heterocycles. The van der Waals surface area contributed by atoms with Crippen molar-refractivity contribution in [2.45, 2.75) is 0 Å². The molecule has 0 amide bonds. The minimum atomic E-state index is -1.03. The smallest absolute Gasteiger partial charge is 0.478 e. The van der Waals surface area contributed by atoms with E-state index in [2.05, 4.69) is 15.1 Å². The van der Waals surface area contributed by atoms with Crippen LogP contribution in [0, 0.1) is 0 Å². The fourth-order valence-electron chi connectivity index (χ4n) is 2.16. The molecule has 0 heterocycles. The first-order valence-corrected chi connectivity index (χ1v) is 8.43. The van der Waals surface area contributed by atoms with Crippen LogP contribution in [0.4, 0.5) is 17.1 Å². The molecule has 0 aliphatic carbocycles. The van der Waals surface area contributed by atoms with E-state index in [9.17, 15) is 4.79 Å². The monoisotopic (exact) mass is 388 g/mol. The second-order valence-electron chi connectivity index (χ2n) is 4.90. The molecule has 0 atom stereocenters. The molecule has 0 fully saturated rings. The van der Waals surface area contributed by atoms with Crippen LogP contribution < -0.4 is 34.5 Å². The van der Waals surface area contributed by atoms with Gasteiger partial charge in [0, 0.05) is 30.5 Å². The van der Waals surface area contributed by atoms with Gasteiger partial charge in [0.2, 0.25) is 0 Å². The summed E-state index contributed by atoms with van der Waals surface area (Å²) in [5.41, 5.74) is 2.07. The molecule has 0 spiro atoms. The number of azo groups is 1. The van der Waals surface area contributed by atoms with Gasteiger partial charge in [-0.25, -0.2) is 4.79 Å². The Morgan fingerprint density at radius 2 is 1.56 bits per heavy atom. The zero-order chi connectivity index (χ0) is 17.4. The van der Waals surface area contributed by atoms with Gasteiger partial charge < -0.3 is 10.0 Å².